The van der Waals surface area contributed by atoms with Crippen LogP contribution in [0.4, 0.5) is 13.2 Å². The highest BCUT2D eigenvalue weighted by Crippen LogP contribution is 2.15. The molecular formula is C21H26F3IN4O2. The van der Waals surface area contributed by atoms with Crippen molar-refractivity contribution in [3.05, 3.63) is 65.5 Å². The van der Waals surface area contributed by atoms with Gasteiger partial charge in [-0.05, 0) is 35.4 Å². The molecule has 31 heavy (non-hydrogen) atoms. The Kier molecular flexibility index (Phi) is 11.8. The quantitative estimate of drug-likeness (QED) is 0.218. The number of nitrogens with one attached hydrogen (secondary N) is 2. The van der Waals surface area contributed by atoms with Gasteiger partial charge >= 0.3 is 6.61 Å². The van der Waals surface area contributed by atoms with Crippen LogP contribution in [0, 0.1) is 5.82 Å². The Hall–Kier alpha value is -2.50. The fourth-order valence-corrected chi connectivity index (χ4v) is 2.78. The van der Waals surface area contributed by atoms with Gasteiger partial charge in [-0.3, -0.25) is 9.79 Å². The van der Waals surface area contributed by atoms with Gasteiger partial charge in [0.25, 0.3) is 0 Å². The molecular weight excluding hydrogens is 524 g/mol. The van der Waals surface area contributed by atoms with Gasteiger partial charge in [-0.1, -0.05) is 24.3 Å². The second kappa shape index (κ2) is 13.7. The zero-order valence-electron chi connectivity index (χ0n) is 17.3. The number of alkyl halides is 2. The molecule has 1 amide bonds. The van der Waals surface area contributed by atoms with Gasteiger partial charge in [-0.2, -0.15) is 8.78 Å². The van der Waals surface area contributed by atoms with E-state index < -0.39 is 6.61 Å². The zero-order chi connectivity index (χ0) is 21.9. The molecule has 0 radical (unpaired) electrons. The van der Waals surface area contributed by atoms with E-state index in [2.05, 4.69) is 20.4 Å². The molecule has 0 unspecified atom stereocenters. The van der Waals surface area contributed by atoms with Gasteiger partial charge in [0, 0.05) is 33.7 Å². The summed E-state index contributed by atoms with van der Waals surface area (Å²) in [5, 5.41) is 5.90. The molecule has 0 aromatic heterocycles. The van der Waals surface area contributed by atoms with Crippen molar-refractivity contribution < 1.29 is 22.7 Å². The Morgan fingerprint density at radius 1 is 1.10 bits per heavy atom. The maximum absolute atomic E-state index is 13.2. The highest BCUT2D eigenvalue weighted by molar-refractivity contribution is 14.0. The van der Waals surface area contributed by atoms with Gasteiger partial charge in [0.1, 0.15) is 11.6 Å². The molecule has 2 N–H and O–H groups in total. The first-order valence-corrected chi connectivity index (χ1v) is 9.34. The molecule has 0 aliphatic rings. The molecule has 0 saturated heterocycles. The number of carbonyl (C=O) groups is 1. The van der Waals surface area contributed by atoms with Crippen LogP contribution >= 0.6 is 24.0 Å². The first kappa shape index (κ1) is 26.5. The molecule has 0 aliphatic heterocycles. The number of aliphatic imine (C=N–C) groups is 1. The van der Waals surface area contributed by atoms with E-state index in [0.29, 0.717) is 31.2 Å². The number of hydrogen-bond donors (Lipinski definition) is 2. The third-order valence-corrected chi connectivity index (χ3v) is 4.13. The molecule has 0 saturated carbocycles. The summed E-state index contributed by atoms with van der Waals surface area (Å²) in [7, 11) is 3.47. The van der Waals surface area contributed by atoms with Gasteiger partial charge in [0.2, 0.25) is 5.91 Å². The monoisotopic (exact) mass is 550 g/mol. The first-order valence-electron chi connectivity index (χ1n) is 9.34. The molecule has 10 heteroatoms. The minimum atomic E-state index is -2.85. The molecule has 2 aromatic carbocycles. The van der Waals surface area contributed by atoms with Crippen molar-refractivity contribution in [3.63, 3.8) is 0 Å². The van der Waals surface area contributed by atoms with Crippen molar-refractivity contribution in [3.8, 4) is 5.75 Å². The molecule has 0 heterocycles. The largest absolute Gasteiger partial charge is 0.435 e. The molecule has 0 spiro atoms. The summed E-state index contributed by atoms with van der Waals surface area (Å²) < 4.78 is 41.9. The van der Waals surface area contributed by atoms with Crippen molar-refractivity contribution in [2.24, 2.45) is 4.99 Å². The topological polar surface area (TPSA) is 66.0 Å². The maximum Gasteiger partial charge on any atom is 0.387 e. The number of guanidine groups is 1. The Labute approximate surface area is 196 Å². The predicted molar refractivity (Wildman–Crippen MR) is 124 cm³/mol. The summed E-state index contributed by atoms with van der Waals surface area (Å²) in [6.45, 7) is -1.52. The number of hydrogen-bond acceptors (Lipinski definition) is 3. The Morgan fingerprint density at radius 2 is 1.77 bits per heavy atom. The molecule has 6 nitrogen and oxygen atoms in total. The van der Waals surface area contributed by atoms with E-state index in [1.165, 1.54) is 24.3 Å². The Bertz CT molecular complexity index is 851. The minimum absolute atomic E-state index is 0. The Morgan fingerprint density at radius 3 is 2.39 bits per heavy atom. The summed E-state index contributed by atoms with van der Waals surface area (Å²) in [5.74, 6) is 0.150. The van der Waals surface area contributed by atoms with Crippen LogP contribution in [-0.4, -0.2) is 50.6 Å². The second-order valence-electron chi connectivity index (χ2n) is 6.51. The SMILES string of the molecule is CN=C(NCCNC(=O)Cc1cccc(F)c1)N(C)Cc1ccc(OC(F)F)cc1.I. The number of rotatable bonds is 9. The summed E-state index contributed by atoms with van der Waals surface area (Å²) >= 11 is 0. The second-order valence-corrected chi connectivity index (χ2v) is 6.51. The van der Waals surface area contributed by atoms with Gasteiger partial charge in [-0.25, -0.2) is 4.39 Å². The minimum Gasteiger partial charge on any atom is -0.435 e. The van der Waals surface area contributed by atoms with E-state index >= 15 is 0 Å². The van der Waals surface area contributed by atoms with Crippen molar-refractivity contribution in [2.75, 3.05) is 27.2 Å². The van der Waals surface area contributed by atoms with Crippen LogP contribution in [-0.2, 0) is 17.8 Å². The highest BCUT2D eigenvalue weighted by atomic mass is 127. The van der Waals surface area contributed by atoms with Crippen LogP contribution in [0.15, 0.2) is 53.5 Å². The molecule has 0 fully saturated rings. The van der Waals surface area contributed by atoms with E-state index in [1.807, 2.05) is 11.9 Å². The zero-order valence-corrected chi connectivity index (χ0v) is 19.6. The molecule has 0 aliphatic carbocycles. The van der Waals surface area contributed by atoms with E-state index in [4.69, 9.17) is 0 Å². The number of nitrogens with zero attached hydrogens (tertiary/aromatic N) is 2. The molecule has 2 rings (SSSR count). The van der Waals surface area contributed by atoms with Crippen LogP contribution in [0.1, 0.15) is 11.1 Å². The van der Waals surface area contributed by atoms with Gasteiger partial charge in [0.05, 0.1) is 6.42 Å². The number of halogens is 4. The highest BCUT2D eigenvalue weighted by Gasteiger charge is 2.09. The fraction of sp³-hybridized carbons (Fsp3) is 0.333. The maximum atomic E-state index is 13.2. The Balaban J connectivity index is 0.00000480. The smallest absolute Gasteiger partial charge is 0.387 e. The number of ether oxygens (including phenoxy) is 1. The lowest BCUT2D eigenvalue weighted by Crippen LogP contribution is -2.42. The fourth-order valence-electron chi connectivity index (χ4n) is 2.78. The van der Waals surface area contributed by atoms with E-state index in [0.717, 1.165) is 5.56 Å². The average Bonchev–Trinajstić information content (AvgIpc) is 2.69. The standard InChI is InChI=1S/C21H25F3N4O2.HI/c1-25-21(28(2)14-15-6-8-18(9-7-15)30-20(23)24)27-11-10-26-19(29)13-16-4-3-5-17(22)12-16;/h3-9,12,20H,10-11,13-14H2,1-2H3,(H,25,27)(H,26,29);1H. The van der Waals surface area contributed by atoms with E-state index in [9.17, 15) is 18.0 Å². The average molecular weight is 550 g/mol. The van der Waals surface area contributed by atoms with Gasteiger partial charge < -0.3 is 20.3 Å². The summed E-state index contributed by atoms with van der Waals surface area (Å²) in [5.41, 5.74) is 1.51. The summed E-state index contributed by atoms with van der Waals surface area (Å²) in [6, 6.07) is 12.3. The number of carbonyl (C=O) groups excluding carboxylic acids is 1. The lowest BCUT2D eigenvalue weighted by atomic mass is 10.1. The molecule has 0 atom stereocenters. The van der Waals surface area contributed by atoms with Gasteiger partial charge in [0.15, 0.2) is 5.96 Å². The third-order valence-electron chi connectivity index (χ3n) is 4.13. The predicted octanol–water partition coefficient (Wildman–Crippen LogP) is 3.41. The lowest BCUT2D eigenvalue weighted by Gasteiger charge is -2.22. The molecule has 2 aromatic rings. The van der Waals surface area contributed by atoms with Crippen LogP contribution in [0.2, 0.25) is 0 Å². The molecule has 0 bridgehead atoms. The first-order chi connectivity index (χ1) is 14.4. The van der Waals surface area contributed by atoms with Crippen molar-refractivity contribution in [1.29, 1.82) is 0 Å². The summed E-state index contributed by atoms with van der Waals surface area (Å²) in [4.78, 5) is 18.0. The third kappa shape index (κ3) is 9.90. The van der Waals surface area contributed by atoms with Crippen molar-refractivity contribution >= 4 is 35.8 Å². The summed E-state index contributed by atoms with van der Waals surface area (Å²) in [6.07, 6.45) is 0.109. The van der Waals surface area contributed by atoms with Crippen molar-refractivity contribution in [1.82, 2.24) is 15.5 Å². The van der Waals surface area contributed by atoms with Crippen LogP contribution in [0.3, 0.4) is 0 Å². The van der Waals surface area contributed by atoms with E-state index in [1.54, 1.807) is 31.3 Å². The van der Waals surface area contributed by atoms with E-state index in [-0.39, 0.29) is 47.9 Å². The lowest BCUT2D eigenvalue weighted by molar-refractivity contribution is -0.120. The van der Waals surface area contributed by atoms with Crippen LogP contribution in [0.5, 0.6) is 5.75 Å². The van der Waals surface area contributed by atoms with Crippen LogP contribution in [0.25, 0.3) is 0 Å². The molecule has 170 valence electrons. The van der Waals surface area contributed by atoms with Gasteiger partial charge in [-0.15, -0.1) is 24.0 Å². The van der Waals surface area contributed by atoms with Crippen LogP contribution < -0.4 is 15.4 Å². The normalized spacial score (nSPS) is 11.0. The number of amides is 1. The van der Waals surface area contributed by atoms with Crippen molar-refractivity contribution in [2.45, 2.75) is 19.6 Å². The number of benzene rings is 2.